The zero-order chi connectivity index (χ0) is 14.5. The number of benzene rings is 2. The van der Waals surface area contributed by atoms with E-state index in [0.29, 0.717) is 5.69 Å². The van der Waals surface area contributed by atoms with Crippen molar-refractivity contribution < 1.29 is 9.18 Å². The summed E-state index contributed by atoms with van der Waals surface area (Å²) in [5.41, 5.74) is 1.68. The third kappa shape index (κ3) is 3.03. The molecule has 0 fully saturated rings. The molecule has 0 aliphatic rings. The van der Waals surface area contributed by atoms with Gasteiger partial charge in [-0.05, 0) is 37.7 Å². The van der Waals surface area contributed by atoms with Crippen molar-refractivity contribution in [2.45, 2.75) is 13.0 Å². The largest absolute Gasteiger partial charge is 0.322 e. The Morgan fingerprint density at radius 1 is 1.10 bits per heavy atom. The Balaban J connectivity index is 2.27. The van der Waals surface area contributed by atoms with E-state index in [9.17, 15) is 9.18 Å². The molecule has 3 nitrogen and oxygen atoms in total. The van der Waals surface area contributed by atoms with Gasteiger partial charge in [0.15, 0.2) is 0 Å². The highest BCUT2D eigenvalue weighted by atomic mass is 19.1. The number of hydrogen-bond acceptors (Lipinski definition) is 2. The number of hydrogen-bond donors (Lipinski definition) is 2. The van der Waals surface area contributed by atoms with Crippen molar-refractivity contribution in [3.63, 3.8) is 0 Å². The van der Waals surface area contributed by atoms with Gasteiger partial charge in [0.1, 0.15) is 5.82 Å². The van der Waals surface area contributed by atoms with Crippen molar-refractivity contribution in [2.75, 3.05) is 12.4 Å². The molecule has 0 aromatic heterocycles. The molecule has 0 heterocycles. The number of rotatable bonds is 4. The molecular formula is C16H17FN2O. The first-order valence-corrected chi connectivity index (χ1v) is 6.45. The van der Waals surface area contributed by atoms with Crippen LogP contribution in [0.2, 0.25) is 0 Å². The van der Waals surface area contributed by atoms with Gasteiger partial charge in [0, 0.05) is 11.7 Å². The summed E-state index contributed by atoms with van der Waals surface area (Å²) < 4.78 is 13.6. The van der Waals surface area contributed by atoms with Crippen LogP contribution in [0.4, 0.5) is 10.1 Å². The molecule has 2 aromatic rings. The number of nitrogens with one attached hydrogen (secondary N) is 2. The summed E-state index contributed by atoms with van der Waals surface area (Å²) in [5, 5.41) is 5.88. The number of halogens is 1. The summed E-state index contributed by atoms with van der Waals surface area (Å²) in [7, 11) is 1.85. The van der Waals surface area contributed by atoms with E-state index in [2.05, 4.69) is 10.6 Å². The molecule has 104 valence electrons. The van der Waals surface area contributed by atoms with Gasteiger partial charge in [-0.25, -0.2) is 4.39 Å². The maximum Gasteiger partial charge on any atom is 0.258 e. The van der Waals surface area contributed by atoms with Crippen LogP contribution < -0.4 is 10.6 Å². The Morgan fingerprint density at radius 3 is 2.45 bits per heavy atom. The number of anilines is 1. The van der Waals surface area contributed by atoms with Gasteiger partial charge in [-0.1, -0.05) is 30.3 Å². The van der Waals surface area contributed by atoms with Crippen LogP contribution in [0.25, 0.3) is 0 Å². The normalized spacial score (nSPS) is 11.9. The van der Waals surface area contributed by atoms with Crippen molar-refractivity contribution in [3.8, 4) is 0 Å². The van der Waals surface area contributed by atoms with Crippen LogP contribution in [0.15, 0.2) is 48.5 Å². The minimum atomic E-state index is -0.524. The molecule has 0 saturated heterocycles. The fourth-order valence-electron chi connectivity index (χ4n) is 1.98. The Kier molecular flexibility index (Phi) is 4.48. The second-order valence-electron chi connectivity index (χ2n) is 4.53. The van der Waals surface area contributed by atoms with Crippen molar-refractivity contribution in [1.82, 2.24) is 5.32 Å². The number of para-hydroxylation sites is 1. The highest BCUT2D eigenvalue weighted by Crippen LogP contribution is 2.23. The first kappa shape index (κ1) is 14.2. The summed E-state index contributed by atoms with van der Waals surface area (Å²) in [5.74, 6) is -0.969. The maximum absolute atomic E-state index is 13.6. The average molecular weight is 272 g/mol. The van der Waals surface area contributed by atoms with Crippen molar-refractivity contribution in [1.29, 1.82) is 0 Å². The summed E-state index contributed by atoms with van der Waals surface area (Å²) in [6.07, 6.45) is 0. The predicted octanol–water partition coefficient (Wildman–Crippen LogP) is 3.36. The number of carbonyl (C=O) groups excluding carboxylic acids is 1. The first-order valence-electron chi connectivity index (χ1n) is 6.45. The van der Waals surface area contributed by atoms with Crippen LogP contribution in [0, 0.1) is 5.82 Å². The van der Waals surface area contributed by atoms with E-state index in [4.69, 9.17) is 0 Å². The summed E-state index contributed by atoms with van der Waals surface area (Å²) in [6.45, 7) is 1.99. The SMILES string of the molecule is CNC(C)c1ccccc1NC(=O)c1ccccc1F. The van der Waals surface area contributed by atoms with Gasteiger partial charge in [-0.3, -0.25) is 4.79 Å². The lowest BCUT2D eigenvalue weighted by molar-refractivity contribution is 0.102. The fraction of sp³-hybridized carbons (Fsp3) is 0.188. The molecule has 0 aliphatic heterocycles. The zero-order valence-electron chi connectivity index (χ0n) is 11.5. The molecule has 0 saturated carbocycles. The molecule has 4 heteroatoms. The van der Waals surface area contributed by atoms with Crippen LogP contribution in [-0.4, -0.2) is 13.0 Å². The third-order valence-corrected chi connectivity index (χ3v) is 3.23. The topological polar surface area (TPSA) is 41.1 Å². The Labute approximate surface area is 117 Å². The molecule has 20 heavy (non-hydrogen) atoms. The minimum absolute atomic E-state index is 0.0411. The third-order valence-electron chi connectivity index (χ3n) is 3.23. The second kappa shape index (κ2) is 6.30. The van der Waals surface area contributed by atoms with Gasteiger partial charge < -0.3 is 10.6 Å². The standard InChI is InChI=1S/C16H17FN2O/c1-11(18-2)12-7-4-6-10-15(12)19-16(20)13-8-3-5-9-14(13)17/h3-11,18H,1-2H3,(H,19,20). The Morgan fingerprint density at radius 2 is 1.75 bits per heavy atom. The molecule has 0 radical (unpaired) electrons. The predicted molar refractivity (Wildman–Crippen MR) is 78.3 cm³/mol. The van der Waals surface area contributed by atoms with Crippen molar-refractivity contribution in [3.05, 3.63) is 65.5 Å². The molecule has 1 atom stereocenters. The molecule has 2 aromatic carbocycles. The highest BCUT2D eigenvalue weighted by Gasteiger charge is 2.14. The van der Waals surface area contributed by atoms with Crippen LogP contribution in [-0.2, 0) is 0 Å². The molecule has 2 N–H and O–H groups in total. The molecule has 1 unspecified atom stereocenters. The molecule has 0 bridgehead atoms. The molecule has 0 spiro atoms. The Bertz CT molecular complexity index is 613. The second-order valence-corrected chi connectivity index (χ2v) is 4.53. The van der Waals surface area contributed by atoms with Gasteiger partial charge in [0.2, 0.25) is 0 Å². The van der Waals surface area contributed by atoms with E-state index in [1.807, 2.05) is 38.2 Å². The average Bonchev–Trinajstić information content (AvgIpc) is 2.47. The summed E-state index contributed by atoms with van der Waals surface area (Å²) in [6, 6.07) is 13.5. The van der Waals surface area contributed by atoms with E-state index in [1.165, 1.54) is 12.1 Å². The maximum atomic E-state index is 13.6. The Hall–Kier alpha value is -2.20. The van der Waals surface area contributed by atoms with Crippen LogP contribution in [0.1, 0.15) is 28.9 Å². The fourth-order valence-corrected chi connectivity index (χ4v) is 1.98. The van der Waals surface area contributed by atoms with Crippen molar-refractivity contribution >= 4 is 11.6 Å². The smallest absolute Gasteiger partial charge is 0.258 e. The molecule has 0 aliphatic carbocycles. The van der Waals surface area contributed by atoms with Gasteiger partial charge in [-0.15, -0.1) is 0 Å². The van der Waals surface area contributed by atoms with Gasteiger partial charge >= 0.3 is 0 Å². The van der Waals surface area contributed by atoms with E-state index in [-0.39, 0.29) is 11.6 Å². The van der Waals surface area contributed by atoms with E-state index >= 15 is 0 Å². The number of carbonyl (C=O) groups is 1. The summed E-state index contributed by atoms with van der Waals surface area (Å²) >= 11 is 0. The zero-order valence-corrected chi connectivity index (χ0v) is 11.5. The molecular weight excluding hydrogens is 255 g/mol. The highest BCUT2D eigenvalue weighted by molar-refractivity contribution is 6.04. The van der Waals surface area contributed by atoms with Crippen LogP contribution >= 0.6 is 0 Å². The lowest BCUT2D eigenvalue weighted by Gasteiger charge is -2.16. The van der Waals surface area contributed by atoms with Crippen LogP contribution in [0.5, 0.6) is 0 Å². The van der Waals surface area contributed by atoms with Crippen LogP contribution in [0.3, 0.4) is 0 Å². The first-order chi connectivity index (χ1) is 9.63. The molecule has 2 rings (SSSR count). The van der Waals surface area contributed by atoms with Gasteiger partial charge in [0.05, 0.1) is 5.56 Å². The van der Waals surface area contributed by atoms with E-state index in [1.54, 1.807) is 12.1 Å². The molecule has 1 amide bonds. The van der Waals surface area contributed by atoms with E-state index < -0.39 is 11.7 Å². The lowest BCUT2D eigenvalue weighted by atomic mass is 10.1. The van der Waals surface area contributed by atoms with E-state index in [0.717, 1.165) is 5.56 Å². The minimum Gasteiger partial charge on any atom is -0.322 e. The summed E-state index contributed by atoms with van der Waals surface area (Å²) in [4.78, 5) is 12.1. The quantitative estimate of drug-likeness (QED) is 0.896. The lowest BCUT2D eigenvalue weighted by Crippen LogP contribution is -2.18. The van der Waals surface area contributed by atoms with Crippen molar-refractivity contribution in [2.24, 2.45) is 0 Å². The van der Waals surface area contributed by atoms with Gasteiger partial charge in [-0.2, -0.15) is 0 Å². The monoisotopic (exact) mass is 272 g/mol. The number of amides is 1. The van der Waals surface area contributed by atoms with Gasteiger partial charge in [0.25, 0.3) is 5.91 Å².